The minimum atomic E-state index is 0.554. The standard InChI is InChI=1S/C17H22N2O2/c1-11-4-5-14(19)10-15(11)13-8-12(6-7-18)17(21-3)16(9-13)20-2/h4-5,8-10H,6-7,18-19H2,1-3H3. The fourth-order valence-electron chi connectivity index (χ4n) is 2.49. The maximum Gasteiger partial charge on any atom is 0.163 e. The van der Waals surface area contributed by atoms with Gasteiger partial charge in [0.15, 0.2) is 11.5 Å². The van der Waals surface area contributed by atoms with Crippen LogP contribution in [-0.2, 0) is 6.42 Å². The molecule has 112 valence electrons. The van der Waals surface area contributed by atoms with Gasteiger partial charge < -0.3 is 20.9 Å². The van der Waals surface area contributed by atoms with Crippen molar-refractivity contribution in [1.82, 2.24) is 0 Å². The minimum Gasteiger partial charge on any atom is -0.493 e. The van der Waals surface area contributed by atoms with Crippen molar-refractivity contribution in [2.24, 2.45) is 5.73 Å². The average Bonchev–Trinajstić information content (AvgIpc) is 2.49. The van der Waals surface area contributed by atoms with E-state index in [1.54, 1.807) is 14.2 Å². The highest BCUT2D eigenvalue weighted by Crippen LogP contribution is 2.37. The fourth-order valence-corrected chi connectivity index (χ4v) is 2.49. The third-order valence-electron chi connectivity index (χ3n) is 3.54. The number of hydrogen-bond acceptors (Lipinski definition) is 4. The van der Waals surface area contributed by atoms with Crippen molar-refractivity contribution >= 4 is 5.69 Å². The van der Waals surface area contributed by atoms with E-state index in [9.17, 15) is 0 Å². The van der Waals surface area contributed by atoms with Gasteiger partial charge in [0, 0.05) is 5.69 Å². The molecule has 0 saturated heterocycles. The van der Waals surface area contributed by atoms with Crippen molar-refractivity contribution in [2.45, 2.75) is 13.3 Å². The highest BCUT2D eigenvalue weighted by molar-refractivity contribution is 5.74. The number of nitrogens with two attached hydrogens (primary N) is 2. The zero-order chi connectivity index (χ0) is 15.4. The van der Waals surface area contributed by atoms with Crippen molar-refractivity contribution in [2.75, 3.05) is 26.5 Å². The molecule has 2 aromatic rings. The smallest absolute Gasteiger partial charge is 0.163 e. The van der Waals surface area contributed by atoms with E-state index in [0.717, 1.165) is 40.1 Å². The summed E-state index contributed by atoms with van der Waals surface area (Å²) in [7, 11) is 3.28. The number of ether oxygens (including phenoxy) is 2. The monoisotopic (exact) mass is 286 g/mol. The first-order chi connectivity index (χ1) is 10.1. The first-order valence-electron chi connectivity index (χ1n) is 6.92. The maximum absolute atomic E-state index is 5.91. The summed E-state index contributed by atoms with van der Waals surface area (Å²) in [6.45, 7) is 2.62. The normalized spacial score (nSPS) is 10.5. The molecule has 0 bridgehead atoms. The summed E-state index contributed by atoms with van der Waals surface area (Å²) in [5, 5.41) is 0. The van der Waals surface area contributed by atoms with E-state index in [-0.39, 0.29) is 0 Å². The Morgan fingerprint density at radius 3 is 2.43 bits per heavy atom. The van der Waals surface area contributed by atoms with Crippen molar-refractivity contribution in [3.05, 3.63) is 41.5 Å². The number of benzene rings is 2. The summed E-state index contributed by atoms with van der Waals surface area (Å²) < 4.78 is 10.9. The Balaban J connectivity index is 2.63. The zero-order valence-electron chi connectivity index (χ0n) is 12.8. The molecule has 0 amide bonds. The van der Waals surface area contributed by atoms with Crippen LogP contribution in [0.4, 0.5) is 5.69 Å². The lowest BCUT2D eigenvalue weighted by atomic mass is 9.96. The van der Waals surface area contributed by atoms with E-state index < -0.39 is 0 Å². The number of rotatable bonds is 5. The van der Waals surface area contributed by atoms with E-state index in [1.807, 2.05) is 24.3 Å². The lowest BCUT2D eigenvalue weighted by molar-refractivity contribution is 0.352. The van der Waals surface area contributed by atoms with Crippen LogP contribution in [0.2, 0.25) is 0 Å². The second-order valence-corrected chi connectivity index (χ2v) is 4.98. The van der Waals surface area contributed by atoms with Crippen molar-refractivity contribution in [3.63, 3.8) is 0 Å². The van der Waals surface area contributed by atoms with Crippen LogP contribution in [0, 0.1) is 6.92 Å². The molecule has 4 nitrogen and oxygen atoms in total. The molecule has 0 fully saturated rings. The fraction of sp³-hybridized carbons (Fsp3) is 0.294. The van der Waals surface area contributed by atoms with Crippen molar-refractivity contribution < 1.29 is 9.47 Å². The van der Waals surface area contributed by atoms with Gasteiger partial charge in [-0.2, -0.15) is 0 Å². The van der Waals surface area contributed by atoms with Crippen LogP contribution in [0.3, 0.4) is 0 Å². The summed E-state index contributed by atoms with van der Waals surface area (Å²) in [5.41, 5.74) is 16.7. The van der Waals surface area contributed by atoms with Crippen molar-refractivity contribution in [1.29, 1.82) is 0 Å². The van der Waals surface area contributed by atoms with Crippen LogP contribution >= 0.6 is 0 Å². The van der Waals surface area contributed by atoms with E-state index in [1.165, 1.54) is 0 Å². The second kappa shape index (κ2) is 6.50. The topological polar surface area (TPSA) is 70.5 Å². The molecule has 0 aliphatic rings. The first kappa shape index (κ1) is 15.2. The highest BCUT2D eigenvalue weighted by Gasteiger charge is 2.14. The van der Waals surface area contributed by atoms with Crippen LogP contribution < -0.4 is 20.9 Å². The summed E-state index contributed by atoms with van der Waals surface area (Å²) in [6, 6.07) is 9.96. The number of nitrogen functional groups attached to an aromatic ring is 1. The number of anilines is 1. The Morgan fingerprint density at radius 1 is 1.05 bits per heavy atom. The molecule has 0 unspecified atom stereocenters. The summed E-state index contributed by atoms with van der Waals surface area (Å²) >= 11 is 0. The first-order valence-corrected chi connectivity index (χ1v) is 6.92. The molecule has 2 rings (SSSR count). The molecule has 0 atom stereocenters. The lowest BCUT2D eigenvalue weighted by Crippen LogP contribution is -2.05. The highest BCUT2D eigenvalue weighted by atomic mass is 16.5. The predicted octanol–water partition coefficient (Wildman–Crippen LogP) is 2.76. The molecule has 0 heterocycles. The zero-order valence-corrected chi connectivity index (χ0v) is 12.8. The molecule has 0 spiro atoms. The van der Waals surface area contributed by atoms with E-state index in [2.05, 4.69) is 13.0 Å². The predicted molar refractivity (Wildman–Crippen MR) is 86.9 cm³/mol. The quantitative estimate of drug-likeness (QED) is 0.829. The number of aryl methyl sites for hydroxylation is 1. The lowest BCUT2D eigenvalue weighted by Gasteiger charge is -2.16. The molecule has 0 radical (unpaired) electrons. The maximum atomic E-state index is 5.91. The molecule has 0 aliphatic heterocycles. The molecular weight excluding hydrogens is 264 g/mol. The third kappa shape index (κ3) is 3.11. The van der Waals surface area contributed by atoms with Gasteiger partial charge in [0.2, 0.25) is 0 Å². The molecule has 4 N–H and O–H groups in total. The van der Waals surface area contributed by atoms with Crippen LogP contribution in [0.5, 0.6) is 11.5 Å². The number of hydrogen-bond donors (Lipinski definition) is 2. The van der Waals surface area contributed by atoms with E-state index in [4.69, 9.17) is 20.9 Å². The molecule has 0 saturated carbocycles. The van der Waals surface area contributed by atoms with Crippen LogP contribution in [0.15, 0.2) is 30.3 Å². The Hall–Kier alpha value is -2.20. The molecule has 4 heteroatoms. The Bertz CT molecular complexity index is 639. The van der Waals surface area contributed by atoms with Gasteiger partial charge in [-0.1, -0.05) is 6.07 Å². The molecule has 2 aromatic carbocycles. The van der Waals surface area contributed by atoms with Gasteiger partial charge in [-0.15, -0.1) is 0 Å². The second-order valence-electron chi connectivity index (χ2n) is 4.98. The van der Waals surface area contributed by atoms with Gasteiger partial charge in [-0.25, -0.2) is 0 Å². The van der Waals surface area contributed by atoms with Gasteiger partial charge >= 0.3 is 0 Å². The summed E-state index contributed by atoms with van der Waals surface area (Å²) in [4.78, 5) is 0. The molecule has 0 aliphatic carbocycles. The van der Waals surface area contributed by atoms with E-state index in [0.29, 0.717) is 12.3 Å². The SMILES string of the molecule is COc1cc(-c2cc(N)ccc2C)cc(CCN)c1OC. The molecule has 21 heavy (non-hydrogen) atoms. The Morgan fingerprint density at radius 2 is 1.81 bits per heavy atom. The van der Waals surface area contributed by atoms with Crippen molar-refractivity contribution in [3.8, 4) is 22.6 Å². The third-order valence-corrected chi connectivity index (χ3v) is 3.54. The van der Waals surface area contributed by atoms with Crippen LogP contribution in [0.1, 0.15) is 11.1 Å². The average molecular weight is 286 g/mol. The Labute approximate surface area is 125 Å². The molecular formula is C17H22N2O2. The largest absolute Gasteiger partial charge is 0.493 e. The van der Waals surface area contributed by atoms with Gasteiger partial charge in [-0.05, 0) is 66.4 Å². The van der Waals surface area contributed by atoms with Gasteiger partial charge in [-0.3, -0.25) is 0 Å². The Kier molecular flexibility index (Phi) is 4.70. The van der Waals surface area contributed by atoms with E-state index >= 15 is 0 Å². The van der Waals surface area contributed by atoms with Gasteiger partial charge in [0.1, 0.15) is 0 Å². The van der Waals surface area contributed by atoms with Gasteiger partial charge in [0.05, 0.1) is 14.2 Å². The molecule has 0 aromatic heterocycles. The minimum absolute atomic E-state index is 0.554. The van der Waals surface area contributed by atoms with Crippen LogP contribution in [-0.4, -0.2) is 20.8 Å². The summed E-state index contributed by atoms with van der Waals surface area (Å²) in [5.74, 6) is 1.45. The van der Waals surface area contributed by atoms with Gasteiger partial charge in [0.25, 0.3) is 0 Å². The summed E-state index contributed by atoms with van der Waals surface area (Å²) in [6.07, 6.45) is 0.731. The van der Waals surface area contributed by atoms with Crippen LogP contribution in [0.25, 0.3) is 11.1 Å². The number of methoxy groups -OCH3 is 2.